The van der Waals surface area contributed by atoms with Gasteiger partial charge in [-0.25, -0.2) is 9.79 Å². The van der Waals surface area contributed by atoms with Gasteiger partial charge in [0.05, 0.1) is 66.3 Å². The standard InChI is InChI=1S/C31H27N3O8S/c1-5-42-30(36)26-27(18-9-7-6-8-10-18)32-31-33(28(26)19-11-13-21(39-2)14-12-19)29(35)25(43-31)16-20-15-23(40-3)24(41-4)17-22(20)34(37)38/h6-17,28H,5H2,1-4H3/b25-16-/t28-/m1/s1. The van der Waals surface area contributed by atoms with Crippen LogP contribution in [0.5, 0.6) is 17.2 Å². The van der Waals surface area contributed by atoms with E-state index in [1.165, 1.54) is 37.0 Å². The normalized spacial score (nSPS) is 14.5. The largest absolute Gasteiger partial charge is 0.497 e. The van der Waals surface area contributed by atoms with Crippen molar-refractivity contribution < 1.29 is 28.7 Å². The fraction of sp³-hybridized carbons (Fsp3) is 0.194. The van der Waals surface area contributed by atoms with Crippen LogP contribution < -0.4 is 29.1 Å². The molecule has 0 unspecified atom stereocenters. The van der Waals surface area contributed by atoms with Crippen LogP contribution in [0.1, 0.15) is 29.7 Å². The minimum atomic E-state index is -0.904. The molecule has 3 aromatic carbocycles. The van der Waals surface area contributed by atoms with Gasteiger partial charge in [-0.15, -0.1) is 0 Å². The Bertz CT molecular complexity index is 1910. The van der Waals surface area contributed by atoms with Crippen molar-refractivity contribution in [2.75, 3.05) is 27.9 Å². The zero-order valence-corrected chi connectivity index (χ0v) is 24.5. The maximum absolute atomic E-state index is 14.1. The molecule has 12 heteroatoms. The van der Waals surface area contributed by atoms with Gasteiger partial charge in [0.25, 0.3) is 11.2 Å². The summed E-state index contributed by atoms with van der Waals surface area (Å²) in [4.78, 5) is 44.2. The first-order valence-corrected chi connectivity index (χ1v) is 14.0. The smallest absolute Gasteiger partial charge is 0.338 e. The number of esters is 1. The van der Waals surface area contributed by atoms with Crippen molar-refractivity contribution in [3.05, 3.63) is 119 Å². The van der Waals surface area contributed by atoms with E-state index >= 15 is 0 Å². The lowest BCUT2D eigenvalue weighted by Crippen LogP contribution is -2.40. The quantitative estimate of drug-likeness (QED) is 0.161. The summed E-state index contributed by atoms with van der Waals surface area (Å²) in [7, 11) is 4.34. The van der Waals surface area contributed by atoms with Crippen molar-refractivity contribution in [2.45, 2.75) is 13.0 Å². The molecular weight excluding hydrogens is 574 g/mol. The molecule has 0 saturated carbocycles. The molecule has 5 rings (SSSR count). The summed E-state index contributed by atoms with van der Waals surface area (Å²) < 4.78 is 23.0. The fourth-order valence-corrected chi connectivity index (χ4v) is 5.83. The van der Waals surface area contributed by atoms with E-state index in [-0.39, 0.29) is 39.5 Å². The Hall–Kier alpha value is -5.23. The molecule has 43 heavy (non-hydrogen) atoms. The Morgan fingerprint density at radius 1 is 1.02 bits per heavy atom. The summed E-state index contributed by atoms with van der Waals surface area (Å²) in [5.74, 6) is 0.427. The number of carbonyl (C=O) groups excluding carboxylic acids is 1. The van der Waals surface area contributed by atoms with E-state index in [4.69, 9.17) is 23.9 Å². The molecule has 220 valence electrons. The van der Waals surface area contributed by atoms with Crippen molar-refractivity contribution in [3.8, 4) is 17.2 Å². The molecule has 1 aromatic heterocycles. The van der Waals surface area contributed by atoms with E-state index in [1.54, 1.807) is 38.3 Å². The molecular formula is C31H27N3O8S. The van der Waals surface area contributed by atoms with Crippen LogP contribution in [-0.2, 0) is 9.53 Å². The Morgan fingerprint density at radius 2 is 1.70 bits per heavy atom. The number of ether oxygens (including phenoxy) is 4. The zero-order valence-electron chi connectivity index (χ0n) is 23.7. The SMILES string of the molecule is CCOC(=O)C1=C(c2ccccc2)N=c2s/c(=C\c3cc(OC)c(OC)cc3[N+](=O)[O-])c(=O)n2[C@@H]1c1ccc(OC)cc1. The van der Waals surface area contributed by atoms with Crippen LogP contribution in [0.4, 0.5) is 5.69 Å². The van der Waals surface area contributed by atoms with Crippen LogP contribution in [0.3, 0.4) is 0 Å². The minimum absolute atomic E-state index is 0.118. The lowest BCUT2D eigenvalue weighted by atomic mass is 9.93. The van der Waals surface area contributed by atoms with E-state index in [2.05, 4.69) is 0 Å². The molecule has 0 aliphatic carbocycles. The maximum Gasteiger partial charge on any atom is 0.338 e. The number of nitrogens with zero attached hydrogens (tertiary/aromatic N) is 3. The molecule has 0 amide bonds. The number of nitro benzene ring substituents is 1. The van der Waals surface area contributed by atoms with Crippen LogP contribution in [0.15, 0.2) is 82.1 Å². The zero-order chi connectivity index (χ0) is 30.7. The van der Waals surface area contributed by atoms with Crippen molar-refractivity contribution in [3.63, 3.8) is 0 Å². The van der Waals surface area contributed by atoms with Crippen LogP contribution in [0.2, 0.25) is 0 Å². The number of carbonyl (C=O) groups is 1. The van der Waals surface area contributed by atoms with Gasteiger partial charge in [0.2, 0.25) is 0 Å². The minimum Gasteiger partial charge on any atom is -0.497 e. The molecule has 0 N–H and O–H groups in total. The molecule has 0 spiro atoms. The predicted molar refractivity (Wildman–Crippen MR) is 160 cm³/mol. The van der Waals surface area contributed by atoms with Crippen molar-refractivity contribution in [1.29, 1.82) is 0 Å². The molecule has 11 nitrogen and oxygen atoms in total. The second kappa shape index (κ2) is 12.3. The summed E-state index contributed by atoms with van der Waals surface area (Å²) >= 11 is 1.05. The second-order valence-electron chi connectivity index (χ2n) is 9.23. The first kappa shape index (κ1) is 29.3. The third-order valence-corrected chi connectivity index (χ3v) is 7.80. The maximum atomic E-state index is 14.1. The first-order valence-electron chi connectivity index (χ1n) is 13.1. The van der Waals surface area contributed by atoms with Gasteiger partial charge in [-0.05, 0) is 36.8 Å². The highest BCUT2D eigenvalue weighted by Crippen LogP contribution is 2.37. The van der Waals surface area contributed by atoms with E-state index in [0.29, 0.717) is 27.4 Å². The lowest BCUT2D eigenvalue weighted by Gasteiger charge is -2.26. The number of benzene rings is 3. The first-order chi connectivity index (χ1) is 20.8. The second-order valence-corrected chi connectivity index (χ2v) is 10.2. The number of hydrogen-bond donors (Lipinski definition) is 0. The summed E-state index contributed by atoms with van der Waals surface area (Å²) in [5, 5.41) is 12.0. The highest BCUT2D eigenvalue weighted by atomic mass is 32.1. The van der Waals surface area contributed by atoms with Gasteiger partial charge in [0, 0.05) is 5.56 Å². The van der Waals surface area contributed by atoms with Crippen LogP contribution in [-0.4, -0.2) is 43.4 Å². The number of fused-ring (bicyclic) bond motifs is 1. The van der Waals surface area contributed by atoms with E-state index < -0.39 is 22.5 Å². The molecule has 2 heterocycles. The summed E-state index contributed by atoms with van der Waals surface area (Å²) in [6, 6.07) is 18.0. The summed E-state index contributed by atoms with van der Waals surface area (Å²) in [5.41, 5.74) is 1.23. The third-order valence-electron chi connectivity index (χ3n) is 6.82. The lowest BCUT2D eigenvalue weighted by molar-refractivity contribution is -0.385. The van der Waals surface area contributed by atoms with Gasteiger partial charge < -0.3 is 18.9 Å². The molecule has 0 saturated heterocycles. The Kier molecular flexibility index (Phi) is 8.39. The Labute approximate surface area is 249 Å². The number of nitro groups is 1. The molecule has 0 radical (unpaired) electrons. The topological polar surface area (TPSA) is 131 Å². The summed E-state index contributed by atoms with van der Waals surface area (Å²) in [6.45, 7) is 1.82. The van der Waals surface area contributed by atoms with E-state index in [9.17, 15) is 19.7 Å². The number of rotatable bonds is 9. The van der Waals surface area contributed by atoms with Gasteiger partial charge >= 0.3 is 5.97 Å². The van der Waals surface area contributed by atoms with E-state index in [1.807, 2.05) is 30.3 Å². The van der Waals surface area contributed by atoms with Crippen molar-refractivity contribution in [1.82, 2.24) is 4.57 Å². The van der Waals surface area contributed by atoms with Gasteiger partial charge in [-0.1, -0.05) is 53.8 Å². The van der Waals surface area contributed by atoms with Gasteiger partial charge in [0.15, 0.2) is 16.3 Å². The van der Waals surface area contributed by atoms with Crippen molar-refractivity contribution >= 4 is 34.8 Å². The Morgan fingerprint density at radius 3 is 2.30 bits per heavy atom. The molecule has 1 atom stereocenters. The number of thiazole rings is 1. The van der Waals surface area contributed by atoms with Gasteiger partial charge in [0.1, 0.15) is 5.75 Å². The van der Waals surface area contributed by atoms with Crippen molar-refractivity contribution in [2.24, 2.45) is 4.99 Å². The van der Waals surface area contributed by atoms with E-state index in [0.717, 1.165) is 11.3 Å². The van der Waals surface area contributed by atoms with Gasteiger partial charge in [-0.2, -0.15) is 0 Å². The van der Waals surface area contributed by atoms with Gasteiger partial charge in [-0.3, -0.25) is 19.5 Å². The average Bonchev–Trinajstić information content (AvgIpc) is 3.34. The third kappa shape index (κ3) is 5.52. The monoisotopic (exact) mass is 601 g/mol. The Balaban J connectivity index is 1.83. The van der Waals surface area contributed by atoms with Crippen LogP contribution in [0.25, 0.3) is 11.8 Å². The summed E-state index contributed by atoms with van der Waals surface area (Å²) in [6.07, 6.45) is 1.42. The molecule has 1 aliphatic rings. The fourth-order valence-electron chi connectivity index (χ4n) is 4.84. The molecule has 0 fully saturated rings. The van der Waals surface area contributed by atoms with Crippen LogP contribution >= 0.6 is 11.3 Å². The van der Waals surface area contributed by atoms with Crippen LogP contribution in [0, 0.1) is 10.1 Å². The highest BCUT2D eigenvalue weighted by Gasteiger charge is 2.35. The average molecular weight is 602 g/mol. The number of aromatic nitrogens is 1. The molecule has 4 aromatic rings. The number of methoxy groups -OCH3 is 3. The molecule has 1 aliphatic heterocycles. The number of hydrogen-bond acceptors (Lipinski definition) is 10. The highest BCUT2D eigenvalue weighted by molar-refractivity contribution is 7.07. The molecule has 0 bridgehead atoms. The predicted octanol–water partition coefficient (Wildman–Crippen LogP) is 3.87.